The Morgan fingerprint density at radius 3 is 2.67 bits per heavy atom. The summed E-state index contributed by atoms with van der Waals surface area (Å²) in [6, 6.07) is 23.3. The number of carbonyl (C=O) groups is 1. The Morgan fingerprint density at radius 2 is 1.79 bits per heavy atom. The zero-order chi connectivity index (χ0) is 22.9. The highest BCUT2D eigenvalue weighted by atomic mass is 79.9. The highest BCUT2D eigenvalue weighted by Crippen LogP contribution is 2.34. The smallest absolute Gasteiger partial charge is 0.262 e. The first-order valence-electron chi connectivity index (χ1n) is 10.6. The number of rotatable bonds is 5. The van der Waals surface area contributed by atoms with Gasteiger partial charge in [0, 0.05) is 15.7 Å². The summed E-state index contributed by atoms with van der Waals surface area (Å²) >= 11 is 3.60. The van der Waals surface area contributed by atoms with Crippen LogP contribution in [0.2, 0.25) is 0 Å². The zero-order valence-electron chi connectivity index (χ0n) is 18.2. The maximum Gasteiger partial charge on any atom is 0.262 e. The number of oxazole rings is 1. The monoisotopic (exact) mass is 500 g/mol. The van der Waals surface area contributed by atoms with Crippen molar-refractivity contribution in [2.45, 2.75) is 13.8 Å². The number of hydrogen-bond donors (Lipinski definition) is 1. The van der Waals surface area contributed by atoms with E-state index in [4.69, 9.17) is 9.15 Å². The number of anilines is 1. The number of carbonyl (C=O) groups excluding carboxylic acids is 1. The van der Waals surface area contributed by atoms with Crippen LogP contribution in [0.1, 0.15) is 11.1 Å². The third-order valence-corrected chi connectivity index (χ3v) is 6.38. The number of halogens is 1. The third-order valence-electron chi connectivity index (χ3n) is 5.68. The van der Waals surface area contributed by atoms with E-state index in [1.54, 1.807) is 12.1 Å². The van der Waals surface area contributed by atoms with Crippen molar-refractivity contribution >= 4 is 49.4 Å². The van der Waals surface area contributed by atoms with Crippen LogP contribution >= 0.6 is 15.9 Å². The minimum absolute atomic E-state index is 0.0721. The van der Waals surface area contributed by atoms with Crippen LogP contribution in [0.4, 0.5) is 5.69 Å². The minimum atomic E-state index is -0.238. The van der Waals surface area contributed by atoms with E-state index in [-0.39, 0.29) is 12.5 Å². The van der Waals surface area contributed by atoms with Crippen LogP contribution in [0.5, 0.6) is 5.75 Å². The van der Waals surface area contributed by atoms with Gasteiger partial charge in [0.05, 0.1) is 0 Å². The van der Waals surface area contributed by atoms with Crippen molar-refractivity contribution in [3.8, 4) is 17.2 Å². The molecule has 0 atom stereocenters. The van der Waals surface area contributed by atoms with Gasteiger partial charge in [0.2, 0.25) is 5.89 Å². The van der Waals surface area contributed by atoms with Crippen LogP contribution in [0.15, 0.2) is 81.7 Å². The Labute approximate surface area is 199 Å². The zero-order valence-corrected chi connectivity index (χ0v) is 19.8. The lowest BCUT2D eigenvalue weighted by molar-refractivity contribution is -0.118. The number of amides is 1. The second-order valence-electron chi connectivity index (χ2n) is 7.88. The molecule has 0 aliphatic heterocycles. The minimum Gasteiger partial charge on any atom is -0.483 e. The number of fused-ring (bicyclic) bond motifs is 2. The molecule has 0 aliphatic carbocycles. The quantitative estimate of drug-likeness (QED) is 0.281. The topological polar surface area (TPSA) is 64.4 Å². The molecule has 0 aliphatic rings. The fraction of sp³-hybridized carbons (Fsp3) is 0.111. The molecule has 0 radical (unpaired) electrons. The summed E-state index contributed by atoms with van der Waals surface area (Å²) < 4.78 is 12.7. The van der Waals surface area contributed by atoms with Crippen LogP contribution < -0.4 is 10.1 Å². The van der Waals surface area contributed by atoms with E-state index in [1.165, 1.54) is 0 Å². The third kappa shape index (κ3) is 4.22. The molecule has 5 nitrogen and oxygen atoms in total. The molecular weight excluding hydrogens is 480 g/mol. The van der Waals surface area contributed by atoms with Crippen molar-refractivity contribution in [2.75, 3.05) is 11.9 Å². The van der Waals surface area contributed by atoms with Gasteiger partial charge in [-0.2, -0.15) is 0 Å². The highest BCUT2D eigenvalue weighted by Gasteiger charge is 2.14. The number of nitrogens with one attached hydrogen (secondary N) is 1. The standard InChI is InChI=1S/C27H21BrN2O3/c1-16-6-3-11-24(17(16)2)32-15-26(31)29-18-12-13-25-23(14-18)30-27(33-25)21-9-4-8-20-19(21)7-5-10-22(20)28/h3-14H,15H2,1-2H3,(H,29,31). The summed E-state index contributed by atoms with van der Waals surface area (Å²) in [6.45, 7) is 3.92. The van der Waals surface area contributed by atoms with Gasteiger partial charge in [-0.15, -0.1) is 0 Å². The van der Waals surface area contributed by atoms with Gasteiger partial charge in [0.1, 0.15) is 11.3 Å². The molecule has 33 heavy (non-hydrogen) atoms. The lowest BCUT2D eigenvalue weighted by Gasteiger charge is -2.11. The van der Waals surface area contributed by atoms with E-state index in [1.807, 2.05) is 68.4 Å². The molecule has 164 valence electrons. The molecule has 1 N–H and O–H groups in total. The van der Waals surface area contributed by atoms with Crippen LogP contribution in [-0.2, 0) is 4.79 Å². The van der Waals surface area contributed by atoms with Gasteiger partial charge in [-0.3, -0.25) is 4.79 Å². The van der Waals surface area contributed by atoms with E-state index < -0.39 is 0 Å². The van der Waals surface area contributed by atoms with Crippen LogP contribution in [0.3, 0.4) is 0 Å². The molecule has 1 aromatic heterocycles. The molecule has 0 saturated heterocycles. The van der Waals surface area contributed by atoms with E-state index in [0.29, 0.717) is 28.4 Å². The average molecular weight is 501 g/mol. The first kappa shape index (κ1) is 21.2. The average Bonchev–Trinajstić information content (AvgIpc) is 3.23. The van der Waals surface area contributed by atoms with Crippen LogP contribution in [0.25, 0.3) is 33.3 Å². The molecule has 1 amide bonds. The second-order valence-corrected chi connectivity index (χ2v) is 8.73. The van der Waals surface area contributed by atoms with Crippen molar-refractivity contribution < 1.29 is 13.9 Å². The van der Waals surface area contributed by atoms with Crippen molar-refractivity contribution in [3.63, 3.8) is 0 Å². The summed E-state index contributed by atoms with van der Waals surface area (Å²) in [7, 11) is 0. The van der Waals surface area contributed by atoms with Crippen molar-refractivity contribution in [1.82, 2.24) is 4.98 Å². The molecule has 0 bridgehead atoms. The number of benzene rings is 4. The predicted octanol–water partition coefficient (Wildman–Crippen LogP) is 7.04. The molecule has 5 rings (SSSR count). The van der Waals surface area contributed by atoms with Crippen LogP contribution in [0, 0.1) is 13.8 Å². The Morgan fingerprint density at radius 1 is 1.00 bits per heavy atom. The normalized spacial score (nSPS) is 11.1. The van der Waals surface area contributed by atoms with Gasteiger partial charge < -0.3 is 14.5 Å². The van der Waals surface area contributed by atoms with Gasteiger partial charge in [-0.25, -0.2) is 4.98 Å². The lowest BCUT2D eigenvalue weighted by Crippen LogP contribution is -2.20. The summed E-state index contributed by atoms with van der Waals surface area (Å²) in [5.74, 6) is 1.01. The SMILES string of the molecule is Cc1cccc(OCC(=O)Nc2ccc3oc(-c4cccc5c(Br)cccc45)nc3c2)c1C. The van der Waals surface area contributed by atoms with Crippen LogP contribution in [-0.4, -0.2) is 17.5 Å². The second kappa shape index (κ2) is 8.71. The maximum atomic E-state index is 12.4. The Balaban J connectivity index is 1.36. The largest absolute Gasteiger partial charge is 0.483 e. The van der Waals surface area contributed by atoms with E-state index in [0.717, 1.165) is 31.9 Å². The molecule has 0 unspecified atom stereocenters. The fourth-order valence-corrected chi connectivity index (χ4v) is 4.30. The summed E-state index contributed by atoms with van der Waals surface area (Å²) in [5, 5.41) is 5.02. The number of ether oxygens (including phenoxy) is 1. The van der Waals surface area contributed by atoms with Gasteiger partial charge in [-0.1, -0.05) is 52.3 Å². The molecule has 1 heterocycles. The maximum absolute atomic E-state index is 12.4. The Bertz CT molecular complexity index is 1510. The van der Waals surface area contributed by atoms with Gasteiger partial charge >= 0.3 is 0 Å². The van der Waals surface area contributed by atoms with E-state index in [9.17, 15) is 4.79 Å². The van der Waals surface area contributed by atoms with Crippen molar-refractivity contribution in [1.29, 1.82) is 0 Å². The molecule has 6 heteroatoms. The predicted molar refractivity (Wildman–Crippen MR) is 135 cm³/mol. The van der Waals surface area contributed by atoms with Crippen molar-refractivity contribution in [3.05, 3.63) is 88.4 Å². The first-order chi connectivity index (χ1) is 16.0. The number of aryl methyl sites for hydroxylation is 1. The van der Waals surface area contributed by atoms with Gasteiger partial charge in [-0.05, 0) is 72.1 Å². The number of hydrogen-bond acceptors (Lipinski definition) is 4. The number of aromatic nitrogens is 1. The Hall–Kier alpha value is -3.64. The molecule has 0 fully saturated rings. The molecule has 5 aromatic rings. The van der Waals surface area contributed by atoms with Crippen molar-refractivity contribution in [2.24, 2.45) is 0 Å². The Kier molecular flexibility index (Phi) is 5.60. The lowest BCUT2D eigenvalue weighted by atomic mass is 10.0. The van der Waals surface area contributed by atoms with E-state index >= 15 is 0 Å². The summed E-state index contributed by atoms with van der Waals surface area (Å²) in [6.07, 6.45) is 0. The summed E-state index contributed by atoms with van der Waals surface area (Å²) in [4.78, 5) is 17.1. The summed E-state index contributed by atoms with van der Waals surface area (Å²) in [5.41, 5.74) is 5.03. The first-order valence-corrected chi connectivity index (χ1v) is 11.4. The van der Waals surface area contributed by atoms with Gasteiger partial charge in [0.15, 0.2) is 12.2 Å². The molecule has 0 saturated carbocycles. The van der Waals surface area contributed by atoms with E-state index in [2.05, 4.69) is 32.3 Å². The molecule has 4 aromatic carbocycles. The highest BCUT2D eigenvalue weighted by molar-refractivity contribution is 9.10. The molecule has 0 spiro atoms. The fourth-order valence-electron chi connectivity index (χ4n) is 3.80. The molecular formula is C27H21BrN2O3. The number of nitrogens with zero attached hydrogens (tertiary/aromatic N) is 1. The van der Waals surface area contributed by atoms with Gasteiger partial charge in [0.25, 0.3) is 5.91 Å².